The largest absolute Gasteiger partial charge is 0.508 e. The number of phenols is 1. The highest BCUT2D eigenvalue weighted by Crippen LogP contribution is 2.51. The maximum absolute atomic E-state index is 14.7. The molecule has 7 rings (SSSR count). The van der Waals surface area contributed by atoms with Gasteiger partial charge in [-0.05, 0) is 96.6 Å². The van der Waals surface area contributed by atoms with Crippen molar-refractivity contribution in [3.63, 3.8) is 0 Å². The van der Waals surface area contributed by atoms with E-state index in [-0.39, 0.29) is 43.8 Å². The van der Waals surface area contributed by atoms with Gasteiger partial charge in [-0.1, -0.05) is 41.9 Å². The first-order valence-corrected chi connectivity index (χ1v) is 20.5. The van der Waals surface area contributed by atoms with E-state index < -0.39 is 53.2 Å². The zero-order valence-electron chi connectivity index (χ0n) is 33.2. The predicted octanol–water partition coefficient (Wildman–Crippen LogP) is 3.54. The number of aromatic amines is 2. The van der Waals surface area contributed by atoms with Gasteiger partial charge in [0.25, 0.3) is 0 Å². The van der Waals surface area contributed by atoms with Crippen LogP contribution in [0.1, 0.15) is 53.9 Å². The van der Waals surface area contributed by atoms with Gasteiger partial charge in [-0.3, -0.25) is 29.0 Å². The van der Waals surface area contributed by atoms with Gasteiger partial charge in [0.15, 0.2) is 0 Å². The first kappa shape index (κ1) is 42.4. The van der Waals surface area contributed by atoms with Crippen molar-refractivity contribution in [2.75, 3.05) is 6.54 Å². The van der Waals surface area contributed by atoms with Crippen LogP contribution in [0.5, 0.6) is 5.75 Å². The molecule has 0 bridgehead atoms. The van der Waals surface area contributed by atoms with Gasteiger partial charge < -0.3 is 47.8 Å². The molecule has 0 unspecified atom stereocenters. The smallest absolute Gasteiger partial charge is 0.247 e. The molecular formula is C45H48ClN9O6. The van der Waals surface area contributed by atoms with Gasteiger partial charge in [-0.15, -0.1) is 0 Å². The number of unbranched alkanes of at least 4 members (excludes halogenated alkanes) is 1. The summed E-state index contributed by atoms with van der Waals surface area (Å²) in [6, 6.07) is 19.1. The average molecular weight is 846 g/mol. The fourth-order valence-electron chi connectivity index (χ4n) is 7.84. The maximum atomic E-state index is 14.7. The van der Waals surface area contributed by atoms with Gasteiger partial charge >= 0.3 is 0 Å². The Morgan fingerprint density at radius 2 is 1.46 bits per heavy atom. The van der Waals surface area contributed by atoms with E-state index in [2.05, 4.69) is 36.2 Å². The Labute approximate surface area is 356 Å². The molecule has 5 atom stereocenters. The molecule has 3 aromatic heterocycles. The Hall–Kier alpha value is -6.71. The molecule has 5 amide bonds. The molecule has 1 fully saturated rings. The van der Waals surface area contributed by atoms with Gasteiger partial charge in [0.05, 0.1) is 0 Å². The van der Waals surface area contributed by atoms with Crippen LogP contribution in [-0.2, 0) is 43.2 Å². The van der Waals surface area contributed by atoms with Crippen molar-refractivity contribution in [1.29, 1.82) is 0 Å². The number of carbonyl (C=O) groups is 5. The molecule has 3 aromatic carbocycles. The number of benzene rings is 3. The summed E-state index contributed by atoms with van der Waals surface area (Å²) in [6.45, 7) is 0.409. The van der Waals surface area contributed by atoms with Crippen molar-refractivity contribution < 1.29 is 29.1 Å². The highest BCUT2D eigenvalue weighted by atomic mass is 35.5. The summed E-state index contributed by atoms with van der Waals surface area (Å²) < 4.78 is 0. The lowest BCUT2D eigenvalue weighted by atomic mass is 10.00. The van der Waals surface area contributed by atoms with E-state index in [1.807, 2.05) is 24.3 Å². The number of rotatable bonds is 19. The van der Waals surface area contributed by atoms with Crippen LogP contribution in [0.4, 0.5) is 0 Å². The molecular weight excluding hydrogens is 798 g/mol. The highest BCUT2D eigenvalue weighted by Gasteiger charge is 2.62. The third-order valence-electron chi connectivity index (χ3n) is 11.2. The lowest BCUT2D eigenvalue weighted by molar-refractivity contribution is -0.135. The number of primary amides is 1. The normalized spacial score (nSPS) is 17.2. The van der Waals surface area contributed by atoms with E-state index in [9.17, 15) is 29.1 Å². The van der Waals surface area contributed by atoms with Gasteiger partial charge in [-0.2, -0.15) is 0 Å². The van der Waals surface area contributed by atoms with Crippen LogP contribution in [0.2, 0.25) is 5.02 Å². The first-order chi connectivity index (χ1) is 29.4. The van der Waals surface area contributed by atoms with Crippen LogP contribution < -0.4 is 32.7 Å². The molecule has 3 heterocycles. The number of aromatic hydroxyl groups is 1. The minimum atomic E-state index is -1.53. The summed E-state index contributed by atoms with van der Waals surface area (Å²) in [4.78, 5) is 80.1. The third-order valence-corrected chi connectivity index (χ3v) is 11.5. The first-order valence-electron chi connectivity index (χ1n) is 20.1. The Bertz CT molecular complexity index is 2540. The monoisotopic (exact) mass is 845 g/mol. The van der Waals surface area contributed by atoms with Crippen molar-refractivity contribution >= 4 is 62.9 Å². The van der Waals surface area contributed by atoms with Gasteiger partial charge in [0, 0.05) is 83.2 Å². The molecule has 16 heteroatoms. The van der Waals surface area contributed by atoms with Crippen molar-refractivity contribution in [1.82, 2.24) is 36.2 Å². The number of H-pyrrole nitrogens is 2. The number of fused-ring (bicyclic) bond motifs is 2. The number of carbonyl (C=O) groups excluding carboxylic acids is 5. The van der Waals surface area contributed by atoms with Gasteiger partial charge in [-0.25, -0.2) is 0 Å². The fourth-order valence-corrected chi connectivity index (χ4v) is 7.97. The molecule has 316 valence electrons. The number of halogens is 1. The molecule has 6 aromatic rings. The summed E-state index contributed by atoms with van der Waals surface area (Å²) in [5.74, 6) is -3.55. The Kier molecular flexibility index (Phi) is 13.0. The lowest BCUT2D eigenvalue weighted by Crippen LogP contribution is -2.60. The SMILES string of the molecule is NCCCCC(=O)N[C@@H](Cc1c[nH]c2ccc(O)cc12)C(=O)N[C@@H](Cc1ccc(Cl)cc1)C(=O)N[C@]1(C(=O)N[C@H](Cc2c[nH]c3ccccc23)C(N)=O)C[C@H]1c1ccncc1. The number of phenolic OH excluding ortho intramolecular Hbond substituents is 1. The molecule has 15 nitrogen and oxygen atoms in total. The summed E-state index contributed by atoms with van der Waals surface area (Å²) in [6.07, 6.45) is 8.21. The minimum absolute atomic E-state index is 0.00500. The molecule has 0 saturated heterocycles. The summed E-state index contributed by atoms with van der Waals surface area (Å²) in [5, 5.41) is 23.8. The second-order valence-electron chi connectivity index (χ2n) is 15.5. The van der Waals surface area contributed by atoms with Gasteiger partial charge in [0.2, 0.25) is 29.5 Å². The van der Waals surface area contributed by atoms with Crippen molar-refractivity contribution in [3.05, 3.63) is 131 Å². The van der Waals surface area contributed by atoms with Gasteiger partial charge in [0.1, 0.15) is 29.4 Å². The fraction of sp³-hybridized carbons (Fsp3) is 0.289. The van der Waals surface area contributed by atoms with Crippen LogP contribution in [0.15, 0.2) is 104 Å². The summed E-state index contributed by atoms with van der Waals surface area (Å²) >= 11 is 6.19. The van der Waals surface area contributed by atoms with Crippen LogP contribution in [0.3, 0.4) is 0 Å². The minimum Gasteiger partial charge on any atom is -0.508 e. The standard InChI is InChI=1S/C45H48ClN9O6/c46-30-10-8-26(9-11-30)19-38(53-42(59)39(52-40(57)7-3-4-16-47)21-29-25-51-36-13-12-31(56)22-33(29)36)43(60)55-45(23-34(45)27-14-17-49-18-15-27)44(61)54-37(41(48)58)20-28-24-50-35-6-2-1-5-32(28)35/h1-2,5-6,8-15,17-18,22,24-25,34,37-39,50-51,56H,3-4,7,16,19-21,23,47H2,(H2,48,58)(H,52,57)(H,53,59)(H,54,61)(H,55,60)/t34-,37+,38-,39-,45+/m0/s1. The van der Waals surface area contributed by atoms with Crippen LogP contribution >= 0.6 is 11.6 Å². The zero-order chi connectivity index (χ0) is 43.1. The number of amides is 5. The molecule has 1 aliphatic rings. The number of nitrogens with one attached hydrogen (secondary N) is 6. The van der Waals surface area contributed by atoms with E-state index in [1.165, 1.54) is 6.07 Å². The molecule has 1 saturated carbocycles. The predicted molar refractivity (Wildman–Crippen MR) is 231 cm³/mol. The molecule has 11 N–H and O–H groups in total. The molecule has 0 aliphatic heterocycles. The number of nitrogens with zero attached hydrogens (tertiary/aromatic N) is 1. The molecule has 61 heavy (non-hydrogen) atoms. The number of nitrogens with two attached hydrogens (primary N) is 2. The van der Waals surface area contributed by atoms with Crippen molar-refractivity contribution in [3.8, 4) is 5.75 Å². The number of pyridine rings is 1. The Balaban J connectivity index is 1.17. The number of hydrogen-bond acceptors (Lipinski definition) is 8. The Morgan fingerprint density at radius 3 is 2.18 bits per heavy atom. The van der Waals surface area contributed by atoms with E-state index in [1.54, 1.807) is 73.3 Å². The average Bonchev–Trinajstić information content (AvgIpc) is 3.63. The van der Waals surface area contributed by atoms with Crippen molar-refractivity contribution in [2.45, 2.75) is 74.5 Å². The summed E-state index contributed by atoms with van der Waals surface area (Å²) in [7, 11) is 0. The number of para-hydroxylation sites is 1. The quantitative estimate of drug-likeness (QED) is 0.0544. The molecule has 0 spiro atoms. The van der Waals surface area contributed by atoms with E-state index in [0.29, 0.717) is 40.9 Å². The van der Waals surface area contributed by atoms with E-state index in [0.717, 1.165) is 27.5 Å². The summed E-state index contributed by atoms with van der Waals surface area (Å²) in [5.41, 5.74) is 14.4. The van der Waals surface area contributed by atoms with E-state index in [4.69, 9.17) is 23.1 Å². The number of hydrogen-bond donors (Lipinski definition) is 9. The van der Waals surface area contributed by atoms with E-state index >= 15 is 0 Å². The second-order valence-corrected chi connectivity index (χ2v) is 15.9. The highest BCUT2D eigenvalue weighted by molar-refractivity contribution is 6.30. The zero-order valence-corrected chi connectivity index (χ0v) is 34.0. The second kappa shape index (κ2) is 18.7. The lowest BCUT2D eigenvalue weighted by Gasteiger charge is -2.27. The Morgan fingerprint density at radius 1 is 0.787 bits per heavy atom. The van der Waals surface area contributed by atoms with Crippen LogP contribution in [0, 0.1) is 0 Å². The topological polar surface area (TPSA) is 250 Å². The molecule has 0 radical (unpaired) electrons. The van der Waals surface area contributed by atoms with Crippen LogP contribution in [-0.4, -0.2) is 79.8 Å². The van der Waals surface area contributed by atoms with Crippen molar-refractivity contribution in [2.24, 2.45) is 11.5 Å². The van der Waals surface area contributed by atoms with Crippen LogP contribution in [0.25, 0.3) is 21.8 Å². The number of aromatic nitrogens is 3. The molecule has 1 aliphatic carbocycles. The maximum Gasteiger partial charge on any atom is 0.247 e. The third kappa shape index (κ3) is 10.0.